The molecule has 0 bridgehead atoms. The van der Waals surface area contributed by atoms with E-state index in [0.717, 1.165) is 0 Å². The van der Waals surface area contributed by atoms with Crippen LogP contribution in [-0.2, 0) is 0 Å². The lowest BCUT2D eigenvalue weighted by Crippen LogP contribution is -2.19. The number of imide groups is 1. The van der Waals surface area contributed by atoms with Gasteiger partial charge in [-0.2, -0.15) is 0 Å². The van der Waals surface area contributed by atoms with Crippen LogP contribution in [0.4, 0.5) is 0 Å². The van der Waals surface area contributed by atoms with Crippen molar-refractivity contribution in [1.82, 2.24) is 5.32 Å². The molecule has 2 aromatic carbocycles. The molecule has 0 saturated heterocycles. The van der Waals surface area contributed by atoms with Gasteiger partial charge in [0.2, 0.25) is 0 Å². The SMILES string of the molecule is O=C1NC(=O)c2c(O)cccc21.c1ccccc1. The summed E-state index contributed by atoms with van der Waals surface area (Å²) in [5.41, 5.74) is 0.308. The molecule has 0 aliphatic carbocycles. The minimum atomic E-state index is -0.534. The Hall–Kier alpha value is -2.62. The standard InChI is InChI=1S/C8H5NO3.C6H6/c10-5-3-1-2-4-6(5)8(12)9-7(4)11;1-2-4-6-5-3-1/h1-3,10H,(H,9,11,12);1-6H. The fraction of sp³-hybridized carbons (Fsp3) is 0. The average molecular weight is 241 g/mol. The summed E-state index contributed by atoms with van der Waals surface area (Å²) >= 11 is 0. The smallest absolute Gasteiger partial charge is 0.262 e. The molecular formula is C14H11NO3. The van der Waals surface area contributed by atoms with Gasteiger partial charge < -0.3 is 5.11 Å². The molecule has 1 aliphatic heterocycles. The first-order chi connectivity index (χ1) is 8.70. The Bertz CT molecular complexity index is 552. The van der Waals surface area contributed by atoms with Crippen molar-refractivity contribution < 1.29 is 14.7 Å². The lowest BCUT2D eigenvalue weighted by molar-refractivity contribution is 0.0879. The van der Waals surface area contributed by atoms with Gasteiger partial charge in [0.25, 0.3) is 11.8 Å². The molecule has 0 unspecified atom stereocenters. The van der Waals surface area contributed by atoms with E-state index >= 15 is 0 Å². The molecular weight excluding hydrogens is 230 g/mol. The molecule has 3 rings (SSSR count). The molecule has 0 saturated carbocycles. The van der Waals surface area contributed by atoms with Crippen LogP contribution in [0, 0.1) is 0 Å². The zero-order valence-electron chi connectivity index (χ0n) is 9.46. The van der Waals surface area contributed by atoms with E-state index in [1.807, 2.05) is 36.4 Å². The maximum absolute atomic E-state index is 11.0. The van der Waals surface area contributed by atoms with Crippen molar-refractivity contribution in [3.63, 3.8) is 0 Å². The zero-order chi connectivity index (χ0) is 13.0. The monoisotopic (exact) mass is 241 g/mol. The van der Waals surface area contributed by atoms with Crippen LogP contribution >= 0.6 is 0 Å². The van der Waals surface area contributed by atoms with Crippen molar-refractivity contribution >= 4 is 11.8 Å². The first-order valence-electron chi connectivity index (χ1n) is 5.38. The highest BCUT2D eigenvalue weighted by Crippen LogP contribution is 2.24. The summed E-state index contributed by atoms with van der Waals surface area (Å²) in [5.74, 6) is -1.14. The van der Waals surface area contributed by atoms with Gasteiger partial charge in [-0.05, 0) is 12.1 Å². The predicted molar refractivity (Wildman–Crippen MR) is 66.3 cm³/mol. The van der Waals surface area contributed by atoms with Gasteiger partial charge in [0.15, 0.2) is 0 Å². The molecule has 2 aromatic rings. The normalized spacial score (nSPS) is 12.2. The topological polar surface area (TPSA) is 66.4 Å². The van der Waals surface area contributed by atoms with Gasteiger partial charge in [0.1, 0.15) is 5.75 Å². The largest absolute Gasteiger partial charge is 0.507 e. The first-order valence-corrected chi connectivity index (χ1v) is 5.38. The Morgan fingerprint density at radius 3 is 1.83 bits per heavy atom. The second-order valence-corrected chi connectivity index (χ2v) is 3.64. The third-order valence-corrected chi connectivity index (χ3v) is 2.41. The summed E-state index contributed by atoms with van der Waals surface area (Å²) in [5, 5.41) is 11.3. The fourth-order valence-electron chi connectivity index (χ4n) is 1.59. The van der Waals surface area contributed by atoms with E-state index in [9.17, 15) is 14.7 Å². The second kappa shape index (κ2) is 5.14. The fourth-order valence-corrected chi connectivity index (χ4v) is 1.59. The Labute approximate surface area is 104 Å². The number of hydrogen-bond acceptors (Lipinski definition) is 3. The Morgan fingerprint density at radius 1 is 0.778 bits per heavy atom. The molecule has 0 radical (unpaired) electrons. The third kappa shape index (κ3) is 2.38. The van der Waals surface area contributed by atoms with Crippen LogP contribution in [0.15, 0.2) is 54.6 Å². The van der Waals surface area contributed by atoms with Crippen LogP contribution in [0.2, 0.25) is 0 Å². The van der Waals surface area contributed by atoms with Gasteiger partial charge in [0, 0.05) is 0 Å². The minimum absolute atomic E-state index is 0.0718. The number of nitrogens with one attached hydrogen (secondary N) is 1. The molecule has 2 N–H and O–H groups in total. The summed E-state index contributed by atoms with van der Waals surface area (Å²) in [7, 11) is 0. The number of carbonyl (C=O) groups excluding carboxylic acids is 2. The Balaban J connectivity index is 0.000000169. The molecule has 0 atom stereocenters. The zero-order valence-corrected chi connectivity index (χ0v) is 9.46. The van der Waals surface area contributed by atoms with E-state index in [0.29, 0.717) is 0 Å². The number of phenolic OH excluding ortho intramolecular Hbond substituents is 1. The van der Waals surface area contributed by atoms with Crippen molar-refractivity contribution in [2.75, 3.05) is 0 Å². The lowest BCUT2D eigenvalue weighted by atomic mass is 10.1. The molecule has 2 amide bonds. The van der Waals surface area contributed by atoms with Gasteiger partial charge in [-0.1, -0.05) is 42.5 Å². The number of hydrogen-bond donors (Lipinski definition) is 2. The van der Waals surface area contributed by atoms with Crippen molar-refractivity contribution in [2.24, 2.45) is 0 Å². The van der Waals surface area contributed by atoms with Crippen molar-refractivity contribution in [1.29, 1.82) is 0 Å². The Kier molecular flexibility index (Phi) is 3.38. The van der Waals surface area contributed by atoms with Gasteiger partial charge >= 0.3 is 0 Å². The molecule has 18 heavy (non-hydrogen) atoms. The van der Waals surface area contributed by atoms with E-state index in [-0.39, 0.29) is 16.9 Å². The van der Waals surface area contributed by atoms with Crippen LogP contribution in [-0.4, -0.2) is 16.9 Å². The number of carbonyl (C=O) groups is 2. The van der Waals surface area contributed by atoms with E-state index in [2.05, 4.69) is 5.32 Å². The molecule has 0 spiro atoms. The van der Waals surface area contributed by atoms with Crippen LogP contribution in [0.25, 0.3) is 0 Å². The molecule has 0 aromatic heterocycles. The lowest BCUT2D eigenvalue weighted by Gasteiger charge is -1.95. The average Bonchev–Trinajstić information content (AvgIpc) is 2.69. The number of aromatic hydroxyl groups is 1. The first kappa shape index (κ1) is 11.9. The van der Waals surface area contributed by atoms with Crippen molar-refractivity contribution in [2.45, 2.75) is 0 Å². The summed E-state index contributed by atoms with van der Waals surface area (Å²) in [6, 6.07) is 16.4. The van der Waals surface area contributed by atoms with Crippen LogP contribution in [0.3, 0.4) is 0 Å². The highest BCUT2D eigenvalue weighted by atomic mass is 16.3. The number of phenols is 1. The second-order valence-electron chi connectivity index (χ2n) is 3.64. The van der Waals surface area contributed by atoms with Gasteiger partial charge in [-0.3, -0.25) is 14.9 Å². The highest BCUT2D eigenvalue weighted by molar-refractivity contribution is 6.22. The molecule has 1 aliphatic rings. The van der Waals surface area contributed by atoms with Gasteiger partial charge in [0.05, 0.1) is 11.1 Å². The minimum Gasteiger partial charge on any atom is -0.507 e. The van der Waals surface area contributed by atoms with E-state index in [1.54, 1.807) is 0 Å². The molecule has 4 nitrogen and oxygen atoms in total. The van der Waals surface area contributed by atoms with Crippen molar-refractivity contribution in [3.8, 4) is 5.75 Å². The van der Waals surface area contributed by atoms with Crippen LogP contribution < -0.4 is 5.32 Å². The van der Waals surface area contributed by atoms with Crippen molar-refractivity contribution in [3.05, 3.63) is 65.7 Å². The quantitative estimate of drug-likeness (QED) is 0.693. The molecule has 0 fully saturated rings. The summed E-state index contributed by atoms with van der Waals surface area (Å²) in [4.78, 5) is 22.0. The van der Waals surface area contributed by atoms with Crippen LogP contribution in [0.1, 0.15) is 20.7 Å². The summed E-state index contributed by atoms with van der Waals surface area (Å²) < 4.78 is 0. The third-order valence-electron chi connectivity index (χ3n) is 2.41. The maximum atomic E-state index is 11.0. The number of benzene rings is 2. The number of fused-ring (bicyclic) bond motifs is 1. The van der Waals surface area contributed by atoms with E-state index in [4.69, 9.17) is 0 Å². The number of amides is 2. The summed E-state index contributed by atoms with van der Waals surface area (Å²) in [6.45, 7) is 0. The van der Waals surface area contributed by atoms with Gasteiger partial charge in [-0.25, -0.2) is 0 Å². The molecule has 1 heterocycles. The highest BCUT2D eigenvalue weighted by Gasteiger charge is 2.28. The van der Waals surface area contributed by atoms with Crippen LogP contribution in [0.5, 0.6) is 5.75 Å². The molecule has 90 valence electrons. The van der Waals surface area contributed by atoms with E-state index < -0.39 is 11.8 Å². The van der Waals surface area contributed by atoms with E-state index in [1.165, 1.54) is 18.2 Å². The number of rotatable bonds is 0. The summed E-state index contributed by atoms with van der Waals surface area (Å²) in [6.07, 6.45) is 0. The predicted octanol–water partition coefficient (Wildman–Crippen LogP) is 1.96. The maximum Gasteiger partial charge on any atom is 0.262 e. The molecule has 4 heteroatoms. The Morgan fingerprint density at radius 2 is 1.33 bits per heavy atom. The van der Waals surface area contributed by atoms with Gasteiger partial charge in [-0.15, -0.1) is 0 Å².